The first-order valence-electron chi connectivity index (χ1n) is 5.89. The van der Waals surface area contributed by atoms with Gasteiger partial charge in [0.1, 0.15) is 0 Å². The summed E-state index contributed by atoms with van der Waals surface area (Å²) in [4.78, 5) is 5.33. The van der Waals surface area contributed by atoms with E-state index in [4.69, 9.17) is 5.73 Å². The number of fused-ring (bicyclic) bond motifs is 1. The number of nitrogens with zero attached hydrogens (tertiary/aromatic N) is 1. The molecule has 3 rings (SSSR count). The van der Waals surface area contributed by atoms with E-state index in [0.717, 1.165) is 19.6 Å². The molecule has 90 valence electrons. The Labute approximate surface area is 110 Å². The first-order valence-corrected chi connectivity index (χ1v) is 7.65. The Morgan fingerprint density at radius 1 is 1.29 bits per heavy atom. The second-order valence-corrected chi connectivity index (χ2v) is 6.46. The monoisotopic (exact) mass is 264 g/mol. The first-order chi connectivity index (χ1) is 8.33. The number of rotatable bonds is 3. The van der Waals surface area contributed by atoms with E-state index in [-0.39, 0.29) is 6.04 Å². The van der Waals surface area contributed by atoms with Gasteiger partial charge in [0.15, 0.2) is 0 Å². The van der Waals surface area contributed by atoms with E-state index in [1.807, 2.05) is 11.3 Å². The van der Waals surface area contributed by atoms with E-state index in [9.17, 15) is 0 Å². The van der Waals surface area contributed by atoms with E-state index in [1.165, 1.54) is 16.9 Å². The maximum atomic E-state index is 6.24. The highest BCUT2D eigenvalue weighted by Crippen LogP contribution is 2.25. The third-order valence-electron chi connectivity index (χ3n) is 3.25. The van der Waals surface area contributed by atoms with Gasteiger partial charge in [-0.1, -0.05) is 6.07 Å². The smallest absolute Gasteiger partial charge is 0.0519 e. The van der Waals surface area contributed by atoms with Crippen LogP contribution in [0.25, 0.3) is 0 Å². The molecule has 0 spiro atoms. The molecule has 0 fully saturated rings. The molecule has 1 aliphatic rings. The average Bonchev–Trinajstić information content (AvgIpc) is 2.99. The molecule has 0 saturated carbocycles. The van der Waals surface area contributed by atoms with Crippen LogP contribution in [0.15, 0.2) is 29.0 Å². The third kappa shape index (κ3) is 2.45. The molecule has 0 aliphatic carbocycles. The van der Waals surface area contributed by atoms with Crippen LogP contribution < -0.4 is 5.73 Å². The van der Waals surface area contributed by atoms with E-state index in [0.29, 0.717) is 0 Å². The molecular formula is C13H16N2S2. The molecule has 1 aliphatic heterocycles. The van der Waals surface area contributed by atoms with Gasteiger partial charge in [-0.15, -0.1) is 22.7 Å². The third-order valence-corrected chi connectivity index (χ3v) is 5.28. The number of hydrogen-bond acceptors (Lipinski definition) is 4. The van der Waals surface area contributed by atoms with Crippen molar-refractivity contribution in [3.05, 3.63) is 44.3 Å². The first kappa shape index (κ1) is 11.4. The summed E-state index contributed by atoms with van der Waals surface area (Å²) in [6, 6.07) is 6.63. The van der Waals surface area contributed by atoms with Gasteiger partial charge in [0.2, 0.25) is 0 Å². The summed E-state index contributed by atoms with van der Waals surface area (Å²) in [5.41, 5.74) is 7.74. The largest absolute Gasteiger partial charge is 0.322 e. The van der Waals surface area contributed by atoms with Gasteiger partial charge in [0.05, 0.1) is 6.04 Å². The second-order valence-electron chi connectivity index (χ2n) is 4.48. The van der Waals surface area contributed by atoms with Crippen LogP contribution in [0.2, 0.25) is 0 Å². The van der Waals surface area contributed by atoms with Crippen LogP contribution in [0.4, 0.5) is 0 Å². The van der Waals surface area contributed by atoms with Crippen LogP contribution >= 0.6 is 22.7 Å². The van der Waals surface area contributed by atoms with Crippen LogP contribution in [0, 0.1) is 0 Å². The van der Waals surface area contributed by atoms with Crippen molar-refractivity contribution in [1.29, 1.82) is 0 Å². The highest BCUT2D eigenvalue weighted by Gasteiger charge is 2.19. The van der Waals surface area contributed by atoms with Crippen LogP contribution in [0.3, 0.4) is 0 Å². The quantitative estimate of drug-likeness (QED) is 0.923. The van der Waals surface area contributed by atoms with E-state index < -0.39 is 0 Å². The summed E-state index contributed by atoms with van der Waals surface area (Å²) in [5.74, 6) is 0. The minimum atomic E-state index is 0.162. The highest BCUT2D eigenvalue weighted by atomic mass is 32.1. The van der Waals surface area contributed by atoms with Crippen molar-refractivity contribution in [2.75, 3.05) is 13.1 Å². The fourth-order valence-electron chi connectivity index (χ4n) is 2.33. The van der Waals surface area contributed by atoms with E-state index in [1.54, 1.807) is 16.2 Å². The molecule has 2 nitrogen and oxygen atoms in total. The molecule has 0 radical (unpaired) electrons. The molecule has 4 heteroatoms. The Balaban J connectivity index is 1.64. The van der Waals surface area contributed by atoms with Crippen molar-refractivity contribution in [3.63, 3.8) is 0 Å². The van der Waals surface area contributed by atoms with E-state index >= 15 is 0 Å². The fraction of sp³-hybridized carbons (Fsp3) is 0.385. The lowest BCUT2D eigenvalue weighted by Crippen LogP contribution is -2.35. The molecule has 0 amide bonds. The molecule has 0 aromatic carbocycles. The predicted octanol–water partition coefficient (Wildman–Crippen LogP) is 2.87. The molecule has 17 heavy (non-hydrogen) atoms. The number of nitrogens with two attached hydrogens (primary N) is 1. The highest BCUT2D eigenvalue weighted by molar-refractivity contribution is 7.10. The minimum Gasteiger partial charge on any atom is -0.322 e. The van der Waals surface area contributed by atoms with Crippen molar-refractivity contribution >= 4 is 22.7 Å². The summed E-state index contributed by atoms with van der Waals surface area (Å²) < 4.78 is 0. The topological polar surface area (TPSA) is 29.3 Å². The molecule has 0 saturated heterocycles. The van der Waals surface area contributed by atoms with Crippen molar-refractivity contribution in [2.45, 2.75) is 19.0 Å². The Morgan fingerprint density at radius 2 is 2.24 bits per heavy atom. The normalized spacial score (nSPS) is 17.9. The summed E-state index contributed by atoms with van der Waals surface area (Å²) in [7, 11) is 0. The van der Waals surface area contributed by atoms with Gasteiger partial charge >= 0.3 is 0 Å². The lowest BCUT2D eigenvalue weighted by atomic mass is 10.1. The average molecular weight is 264 g/mol. The maximum Gasteiger partial charge on any atom is 0.0519 e. The van der Waals surface area contributed by atoms with Gasteiger partial charge in [-0.3, -0.25) is 4.90 Å². The summed E-state index contributed by atoms with van der Waals surface area (Å²) >= 11 is 3.65. The molecule has 2 aromatic rings. The zero-order chi connectivity index (χ0) is 11.7. The van der Waals surface area contributed by atoms with Crippen LogP contribution in [0.1, 0.15) is 21.4 Å². The Kier molecular flexibility index (Phi) is 3.29. The maximum absolute atomic E-state index is 6.24. The molecule has 2 N–H and O–H groups in total. The van der Waals surface area contributed by atoms with Gasteiger partial charge in [-0.05, 0) is 34.9 Å². The summed E-state index contributed by atoms with van der Waals surface area (Å²) in [6.07, 6.45) is 1.18. The molecule has 2 aromatic heterocycles. The van der Waals surface area contributed by atoms with Gasteiger partial charge in [0.25, 0.3) is 0 Å². The summed E-state index contributed by atoms with van der Waals surface area (Å²) in [5, 5.41) is 4.30. The standard InChI is InChI=1S/C13H16N2S2/c14-11(13-2-1-6-16-13)9-15-5-3-12-10(8-15)4-7-17-12/h1-2,4,6-7,11H,3,5,8-9,14H2. The van der Waals surface area contributed by atoms with Gasteiger partial charge in [0, 0.05) is 29.4 Å². The lowest BCUT2D eigenvalue weighted by molar-refractivity contribution is 0.241. The van der Waals surface area contributed by atoms with E-state index in [2.05, 4.69) is 33.9 Å². The molecule has 0 bridgehead atoms. The number of hydrogen-bond donors (Lipinski definition) is 1. The zero-order valence-corrected chi connectivity index (χ0v) is 11.3. The Bertz CT molecular complexity index is 475. The second kappa shape index (κ2) is 4.90. The zero-order valence-electron chi connectivity index (χ0n) is 9.63. The van der Waals surface area contributed by atoms with Crippen LogP contribution in [0.5, 0.6) is 0 Å². The number of thiophene rings is 2. The van der Waals surface area contributed by atoms with Crippen molar-refractivity contribution < 1.29 is 0 Å². The lowest BCUT2D eigenvalue weighted by Gasteiger charge is -2.28. The fourth-order valence-corrected chi connectivity index (χ4v) is 3.94. The summed E-state index contributed by atoms with van der Waals surface area (Å²) in [6.45, 7) is 3.18. The predicted molar refractivity (Wildman–Crippen MR) is 74.5 cm³/mol. The molecule has 1 atom stereocenters. The molecular weight excluding hydrogens is 248 g/mol. The Hall–Kier alpha value is -0.680. The minimum absolute atomic E-state index is 0.162. The van der Waals surface area contributed by atoms with Gasteiger partial charge < -0.3 is 5.73 Å². The Morgan fingerprint density at radius 3 is 3.06 bits per heavy atom. The van der Waals surface area contributed by atoms with Gasteiger partial charge in [-0.25, -0.2) is 0 Å². The van der Waals surface area contributed by atoms with Crippen molar-refractivity contribution in [1.82, 2.24) is 4.90 Å². The van der Waals surface area contributed by atoms with Crippen LogP contribution in [-0.2, 0) is 13.0 Å². The van der Waals surface area contributed by atoms with Gasteiger partial charge in [-0.2, -0.15) is 0 Å². The van der Waals surface area contributed by atoms with Crippen molar-refractivity contribution in [2.24, 2.45) is 5.73 Å². The van der Waals surface area contributed by atoms with Crippen molar-refractivity contribution in [3.8, 4) is 0 Å². The van der Waals surface area contributed by atoms with Crippen LogP contribution in [-0.4, -0.2) is 18.0 Å². The molecule has 1 unspecified atom stereocenters. The SMILES string of the molecule is NC(CN1CCc2sccc2C1)c1cccs1. The molecule has 3 heterocycles.